The van der Waals surface area contributed by atoms with Crippen LogP contribution in [-0.2, 0) is 0 Å². The first kappa shape index (κ1) is 11.7. The second-order valence-corrected chi connectivity index (χ2v) is 4.86. The Morgan fingerprint density at radius 2 is 1.95 bits per heavy atom. The number of nitro benzene ring substituents is 1. The molecule has 0 spiro atoms. The monoisotopic (exact) mass is 254 g/mol. The minimum atomic E-state index is -0.353. The summed E-state index contributed by atoms with van der Waals surface area (Å²) in [7, 11) is 0. The third-order valence-electron chi connectivity index (χ3n) is 3.45. The lowest BCUT2D eigenvalue weighted by Crippen LogP contribution is -1.96. The maximum atomic E-state index is 10.8. The number of aryl methyl sites for hydroxylation is 1. The minimum absolute atomic E-state index is 0.145. The third-order valence-corrected chi connectivity index (χ3v) is 3.45. The Morgan fingerprint density at radius 3 is 2.63 bits per heavy atom. The molecule has 1 aliphatic heterocycles. The van der Waals surface area contributed by atoms with Gasteiger partial charge in [0, 0.05) is 24.4 Å². The van der Waals surface area contributed by atoms with E-state index in [1.807, 2.05) is 6.07 Å². The van der Waals surface area contributed by atoms with Crippen molar-refractivity contribution in [1.82, 2.24) is 0 Å². The zero-order chi connectivity index (χ0) is 13.4. The van der Waals surface area contributed by atoms with Gasteiger partial charge in [0.05, 0.1) is 11.0 Å². The van der Waals surface area contributed by atoms with Crippen LogP contribution in [0.25, 0.3) is 0 Å². The first-order chi connectivity index (χ1) is 9.15. The Hall–Kier alpha value is -2.36. The standard InChI is InChI=1S/C15H14N2O2/c1-11-5-7-12(8-6-11)15-10-16(15)13-3-2-4-14(9-13)17(18)19/h2-9,15H,10H2,1H3/t15-,16?/m1/s1. The normalized spacial score (nSPS) is 17.3. The van der Waals surface area contributed by atoms with E-state index >= 15 is 0 Å². The van der Waals surface area contributed by atoms with Crippen LogP contribution in [0.3, 0.4) is 0 Å². The summed E-state index contributed by atoms with van der Waals surface area (Å²) in [6.07, 6.45) is 0. The van der Waals surface area contributed by atoms with Crippen molar-refractivity contribution in [3.05, 3.63) is 69.8 Å². The molecule has 1 aliphatic rings. The molecule has 4 nitrogen and oxygen atoms in total. The van der Waals surface area contributed by atoms with Crippen LogP contribution in [0.15, 0.2) is 48.5 Å². The van der Waals surface area contributed by atoms with Gasteiger partial charge in [-0.2, -0.15) is 0 Å². The molecule has 0 radical (unpaired) electrons. The lowest BCUT2D eigenvalue weighted by atomic mass is 10.1. The molecule has 0 amide bonds. The van der Waals surface area contributed by atoms with Crippen molar-refractivity contribution in [3.63, 3.8) is 0 Å². The van der Waals surface area contributed by atoms with Crippen molar-refractivity contribution in [2.75, 3.05) is 11.4 Å². The SMILES string of the molecule is Cc1ccc([C@H]2CN2c2cccc([N+](=O)[O-])c2)cc1. The van der Waals surface area contributed by atoms with Crippen LogP contribution in [0.2, 0.25) is 0 Å². The van der Waals surface area contributed by atoms with E-state index in [2.05, 4.69) is 36.1 Å². The molecule has 2 aromatic carbocycles. The van der Waals surface area contributed by atoms with Gasteiger partial charge in [0.2, 0.25) is 0 Å². The van der Waals surface area contributed by atoms with Crippen LogP contribution in [0.5, 0.6) is 0 Å². The Kier molecular flexibility index (Phi) is 2.71. The first-order valence-corrected chi connectivity index (χ1v) is 6.23. The highest BCUT2D eigenvalue weighted by Crippen LogP contribution is 2.40. The van der Waals surface area contributed by atoms with Gasteiger partial charge in [-0.3, -0.25) is 10.1 Å². The summed E-state index contributed by atoms with van der Waals surface area (Å²) in [6.45, 7) is 2.99. The van der Waals surface area contributed by atoms with E-state index in [9.17, 15) is 10.1 Å². The van der Waals surface area contributed by atoms with Crippen LogP contribution in [0, 0.1) is 17.0 Å². The number of hydrogen-bond donors (Lipinski definition) is 0. The molecule has 0 aliphatic carbocycles. The summed E-state index contributed by atoms with van der Waals surface area (Å²) < 4.78 is 0. The Bertz CT molecular complexity index is 622. The predicted octanol–water partition coefficient (Wildman–Crippen LogP) is 3.46. The fraction of sp³-hybridized carbons (Fsp3) is 0.200. The summed E-state index contributed by atoms with van der Waals surface area (Å²) in [4.78, 5) is 12.6. The van der Waals surface area contributed by atoms with Crippen molar-refractivity contribution in [1.29, 1.82) is 0 Å². The van der Waals surface area contributed by atoms with Gasteiger partial charge in [0.15, 0.2) is 0 Å². The van der Waals surface area contributed by atoms with Crippen molar-refractivity contribution >= 4 is 11.4 Å². The van der Waals surface area contributed by atoms with Gasteiger partial charge >= 0.3 is 0 Å². The highest BCUT2D eigenvalue weighted by Gasteiger charge is 2.35. The smallest absolute Gasteiger partial charge is 0.271 e. The molecule has 0 N–H and O–H groups in total. The highest BCUT2D eigenvalue weighted by molar-refractivity contribution is 5.60. The van der Waals surface area contributed by atoms with E-state index in [1.165, 1.54) is 17.2 Å². The summed E-state index contributed by atoms with van der Waals surface area (Å²) in [6, 6.07) is 15.6. The van der Waals surface area contributed by atoms with Gasteiger partial charge in [-0.05, 0) is 18.6 Å². The van der Waals surface area contributed by atoms with Gasteiger partial charge in [0.1, 0.15) is 0 Å². The first-order valence-electron chi connectivity index (χ1n) is 6.23. The van der Waals surface area contributed by atoms with Crippen molar-refractivity contribution < 1.29 is 4.92 Å². The van der Waals surface area contributed by atoms with E-state index in [0.717, 1.165) is 12.2 Å². The number of nitrogens with zero attached hydrogens (tertiary/aromatic N) is 2. The second kappa shape index (κ2) is 4.39. The molecule has 19 heavy (non-hydrogen) atoms. The molecule has 1 heterocycles. The number of rotatable bonds is 3. The molecule has 96 valence electrons. The van der Waals surface area contributed by atoms with Gasteiger partial charge in [-0.1, -0.05) is 35.9 Å². The fourth-order valence-electron chi connectivity index (χ4n) is 2.28. The Labute approximate surface area is 111 Å². The molecule has 0 saturated carbocycles. The number of anilines is 1. The van der Waals surface area contributed by atoms with Crippen LogP contribution in [0.4, 0.5) is 11.4 Å². The van der Waals surface area contributed by atoms with Gasteiger partial charge in [-0.15, -0.1) is 0 Å². The zero-order valence-corrected chi connectivity index (χ0v) is 10.6. The zero-order valence-electron chi connectivity index (χ0n) is 10.6. The molecule has 3 rings (SSSR count). The van der Waals surface area contributed by atoms with Crippen LogP contribution >= 0.6 is 0 Å². The van der Waals surface area contributed by atoms with E-state index in [1.54, 1.807) is 12.1 Å². The van der Waals surface area contributed by atoms with Crippen molar-refractivity contribution in [3.8, 4) is 0 Å². The summed E-state index contributed by atoms with van der Waals surface area (Å²) in [5.41, 5.74) is 3.57. The average Bonchev–Trinajstić information content (AvgIpc) is 3.20. The second-order valence-electron chi connectivity index (χ2n) is 4.86. The van der Waals surface area contributed by atoms with Crippen LogP contribution < -0.4 is 4.90 Å². The van der Waals surface area contributed by atoms with Crippen LogP contribution in [0.1, 0.15) is 17.2 Å². The number of benzene rings is 2. The maximum absolute atomic E-state index is 10.8. The Balaban J connectivity index is 1.81. The Morgan fingerprint density at radius 1 is 1.21 bits per heavy atom. The fourth-order valence-corrected chi connectivity index (χ4v) is 2.28. The number of nitro groups is 1. The topological polar surface area (TPSA) is 46.1 Å². The molecular weight excluding hydrogens is 240 g/mol. The van der Waals surface area contributed by atoms with Gasteiger partial charge in [-0.25, -0.2) is 0 Å². The lowest BCUT2D eigenvalue weighted by molar-refractivity contribution is -0.384. The molecule has 2 aromatic rings. The summed E-state index contributed by atoms with van der Waals surface area (Å²) in [5.74, 6) is 0. The molecule has 4 heteroatoms. The van der Waals surface area contributed by atoms with Crippen LogP contribution in [-0.4, -0.2) is 11.5 Å². The van der Waals surface area contributed by atoms with E-state index < -0.39 is 0 Å². The predicted molar refractivity (Wildman–Crippen MR) is 74.4 cm³/mol. The van der Waals surface area contributed by atoms with Gasteiger partial charge in [0.25, 0.3) is 5.69 Å². The third kappa shape index (κ3) is 2.29. The minimum Gasteiger partial charge on any atom is -0.360 e. The lowest BCUT2D eigenvalue weighted by Gasteiger charge is -2.06. The van der Waals surface area contributed by atoms with E-state index in [0.29, 0.717) is 6.04 Å². The van der Waals surface area contributed by atoms with E-state index in [4.69, 9.17) is 0 Å². The molecule has 0 bridgehead atoms. The van der Waals surface area contributed by atoms with Crippen molar-refractivity contribution in [2.24, 2.45) is 0 Å². The maximum Gasteiger partial charge on any atom is 0.271 e. The molecule has 1 fully saturated rings. The van der Waals surface area contributed by atoms with Crippen molar-refractivity contribution in [2.45, 2.75) is 13.0 Å². The van der Waals surface area contributed by atoms with Gasteiger partial charge < -0.3 is 4.90 Å². The largest absolute Gasteiger partial charge is 0.360 e. The number of non-ortho nitro benzene ring substituents is 1. The quantitative estimate of drug-likeness (QED) is 0.478. The number of hydrogen-bond acceptors (Lipinski definition) is 3. The molecular formula is C15H14N2O2. The summed E-state index contributed by atoms with van der Waals surface area (Å²) >= 11 is 0. The molecule has 0 unspecified atom stereocenters. The summed E-state index contributed by atoms with van der Waals surface area (Å²) in [5, 5.41) is 10.8. The molecule has 1 atom stereocenters. The van der Waals surface area contributed by atoms with E-state index in [-0.39, 0.29) is 10.6 Å². The average molecular weight is 254 g/mol. The molecule has 1 saturated heterocycles. The highest BCUT2D eigenvalue weighted by atomic mass is 16.6. The molecule has 0 aromatic heterocycles.